The zero-order valence-electron chi connectivity index (χ0n) is 12.8. The Labute approximate surface area is 135 Å². The molecular formula is C18H22BrNO. The topological polar surface area (TPSA) is 35.2 Å². The van der Waals surface area contributed by atoms with Crippen LogP contribution in [-0.4, -0.2) is 6.04 Å². The average Bonchev–Trinajstić information content (AvgIpc) is 2.44. The van der Waals surface area contributed by atoms with Crippen molar-refractivity contribution < 1.29 is 4.74 Å². The Bertz CT molecular complexity index is 625. The predicted octanol–water partition coefficient (Wildman–Crippen LogP) is 5.14. The molecule has 0 saturated carbocycles. The lowest BCUT2D eigenvalue weighted by Crippen LogP contribution is -2.21. The van der Waals surface area contributed by atoms with Crippen LogP contribution in [0.1, 0.15) is 30.0 Å². The Hall–Kier alpha value is -1.32. The molecule has 2 aromatic rings. The van der Waals surface area contributed by atoms with E-state index in [4.69, 9.17) is 10.5 Å². The molecule has 2 rings (SSSR count). The maximum atomic E-state index is 6.03. The standard InChI is InChI=1S/C18H22BrNO/c1-4-16(20)11-14-5-7-17(10-12(14)2)21-18-8-6-15(19)9-13(18)3/h5-10,16H,4,11,20H2,1-3H3. The Morgan fingerprint density at radius 3 is 2.48 bits per heavy atom. The van der Waals surface area contributed by atoms with E-state index in [1.165, 1.54) is 11.1 Å². The van der Waals surface area contributed by atoms with Crippen molar-refractivity contribution in [3.05, 3.63) is 57.6 Å². The van der Waals surface area contributed by atoms with Crippen LogP contribution in [0, 0.1) is 13.8 Å². The molecule has 0 fully saturated rings. The van der Waals surface area contributed by atoms with E-state index < -0.39 is 0 Å². The second-order valence-corrected chi connectivity index (χ2v) is 6.39. The highest BCUT2D eigenvalue weighted by Gasteiger charge is 2.07. The first-order chi connectivity index (χ1) is 9.99. The summed E-state index contributed by atoms with van der Waals surface area (Å²) < 4.78 is 7.04. The fourth-order valence-electron chi connectivity index (χ4n) is 2.24. The van der Waals surface area contributed by atoms with Crippen molar-refractivity contribution in [3.63, 3.8) is 0 Å². The molecule has 0 radical (unpaired) electrons. The molecule has 1 atom stereocenters. The monoisotopic (exact) mass is 347 g/mol. The van der Waals surface area contributed by atoms with Gasteiger partial charge in [-0.05, 0) is 73.7 Å². The van der Waals surface area contributed by atoms with E-state index in [0.29, 0.717) is 0 Å². The van der Waals surface area contributed by atoms with Crippen molar-refractivity contribution in [2.24, 2.45) is 5.73 Å². The molecule has 2 aromatic carbocycles. The molecule has 0 aliphatic heterocycles. The van der Waals surface area contributed by atoms with Crippen LogP contribution in [0.2, 0.25) is 0 Å². The van der Waals surface area contributed by atoms with E-state index in [0.717, 1.165) is 34.4 Å². The van der Waals surface area contributed by atoms with E-state index in [9.17, 15) is 0 Å². The van der Waals surface area contributed by atoms with Gasteiger partial charge in [0, 0.05) is 10.5 Å². The number of benzene rings is 2. The highest BCUT2D eigenvalue weighted by atomic mass is 79.9. The van der Waals surface area contributed by atoms with E-state index in [2.05, 4.69) is 48.0 Å². The summed E-state index contributed by atoms with van der Waals surface area (Å²) in [6.45, 7) is 6.27. The van der Waals surface area contributed by atoms with Crippen LogP contribution >= 0.6 is 15.9 Å². The number of aryl methyl sites for hydroxylation is 2. The molecular weight excluding hydrogens is 326 g/mol. The summed E-state index contributed by atoms with van der Waals surface area (Å²) in [6.07, 6.45) is 1.91. The molecule has 0 saturated heterocycles. The van der Waals surface area contributed by atoms with Crippen molar-refractivity contribution in [1.82, 2.24) is 0 Å². The van der Waals surface area contributed by atoms with Gasteiger partial charge < -0.3 is 10.5 Å². The van der Waals surface area contributed by atoms with Gasteiger partial charge in [-0.1, -0.05) is 28.9 Å². The van der Waals surface area contributed by atoms with Crippen molar-refractivity contribution >= 4 is 15.9 Å². The van der Waals surface area contributed by atoms with Gasteiger partial charge in [0.15, 0.2) is 0 Å². The second-order valence-electron chi connectivity index (χ2n) is 5.47. The van der Waals surface area contributed by atoms with E-state index in [1.807, 2.05) is 25.1 Å². The summed E-state index contributed by atoms with van der Waals surface area (Å²) in [5.41, 5.74) is 9.67. The quantitative estimate of drug-likeness (QED) is 0.812. The third-order valence-corrected chi connectivity index (χ3v) is 4.18. The van der Waals surface area contributed by atoms with Gasteiger partial charge in [0.1, 0.15) is 11.5 Å². The summed E-state index contributed by atoms with van der Waals surface area (Å²) in [5, 5.41) is 0. The first-order valence-corrected chi connectivity index (χ1v) is 8.08. The SMILES string of the molecule is CCC(N)Cc1ccc(Oc2ccc(Br)cc2C)cc1C. The molecule has 2 nitrogen and oxygen atoms in total. The third kappa shape index (κ3) is 4.32. The number of halogens is 1. The van der Waals surface area contributed by atoms with E-state index in [-0.39, 0.29) is 6.04 Å². The minimum Gasteiger partial charge on any atom is -0.457 e. The zero-order valence-corrected chi connectivity index (χ0v) is 14.4. The molecule has 0 aliphatic carbocycles. The Balaban J connectivity index is 2.16. The van der Waals surface area contributed by atoms with Crippen LogP contribution in [-0.2, 0) is 6.42 Å². The summed E-state index contributed by atoms with van der Waals surface area (Å²) >= 11 is 3.47. The summed E-state index contributed by atoms with van der Waals surface area (Å²) in [7, 11) is 0. The van der Waals surface area contributed by atoms with Crippen LogP contribution in [0.4, 0.5) is 0 Å². The summed E-state index contributed by atoms with van der Waals surface area (Å²) in [6, 6.07) is 12.5. The number of nitrogens with two attached hydrogens (primary N) is 1. The fourth-order valence-corrected chi connectivity index (χ4v) is 2.72. The third-order valence-electron chi connectivity index (χ3n) is 3.69. The molecule has 0 aromatic heterocycles. The van der Waals surface area contributed by atoms with Crippen LogP contribution in [0.5, 0.6) is 11.5 Å². The number of rotatable bonds is 5. The molecule has 0 heterocycles. The molecule has 0 amide bonds. The minimum atomic E-state index is 0.226. The molecule has 3 heteroatoms. The van der Waals surface area contributed by atoms with Crippen LogP contribution in [0.25, 0.3) is 0 Å². The van der Waals surface area contributed by atoms with Gasteiger partial charge in [-0.25, -0.2) is 0 Å². The Morgan fingerprint density at radius 1 is 1.10 bits per heavy atom. The van der Waals surface area contributed by atoms with E-state index >= 15 is 0 Å². The zero-order chi connectivity index (χ0) is 15.4. The lowest BCUT2D eigenvalue weighted by molar-refractivity contribution is 0.478. The Kier molecular flexibility index (Phi) is 5.43. The van der Waals surface area contributed by atoms with Gasteiger partial charge in [0.05, 0.1) is 0 Å². The van der Waals surface area contributed by atoms with Crippen LogP contribution < -0.4 is 10.5 Å². The summed E-state index contributed by atoms with van der Waals surface area (Å²) in [4.78, 5) is 0. The van der Waals surface area contributed by atoms with Crippen molar-refractivity contribution in [1.29, 1.82) is 0 Å². The van der Waals surface area contributed by atoms with Gasteiger partial charge >= 0.3 is 0 Å². The molecule has 0 spiro atoms. The fraction of sp³-hybridized carbons (Fsp3) is 0.333. The minimum absolute atomic E-state index is 0.226. The maximum absolute atomic E-state index is 6.03. The van der Waals surface area contributed by atoms with Gasteiger partial charge in [-0.2, -0.15) is 0 Å². The number of hydrogen-bond acceptors (Lipinski definition) is 2. The van der Waals surface area contributed by atoms with Crippen molar-refractivity contribution in [3.8, 4) is 11.5 Å². The maximum Gasteiger partial charge on any atom is 0.130 e. The molecule has 2 N–H and O–H groups in total. The second kappa shape index (κ2) is 7.10. The van der Waals surface area contributed by atoms with E-state index in [1.54, 1.807) is 0 Å². The normalized spacial score (nSPS) is 12.2. The molecule has 0 bridgehead atoms. The summed E-state index contributed by atoms with van der Waals surface area (Å²) in [5.74, 6) is 1.75. The van der Waals surface area contributed by atoms with Gasteiger partial charge in [-0.15, -0.1) is 0 Å². The first kappa shape index (κ1) is 16.1. The first-order valence-electron chi connectivity index (χ1n) is 7.28. The molecule has 112 valence electrons. The van der Waals surface area contributed by atoms with Gasteiger partial charge in [0.2, 0.25) is 0 Å². The Morgan fingerprint density at radius 2 is 1.86 bits per heavy atom. The van der Waals surface area contributed by atoms with Gasteiger partial charge in [-0.3, -0.25) is 0 Å². The lowest BCUT2D eigenvalue weighted by atomic mass is 10.00. The molecule has 1 unspecified atom stereocenters. The highest BCUT2D eigenvalue weighted by Crippen LogP contribution is 2.28. The van der Waals surface area contributed by atoms with Crippen LogP contribution in [0.15, 0.2) is 40.9 Å². The smallest absolute Gasteiger partial charge is 0.130 e. The molecule has 0 aliphatic rings. The largest absolute Gasteiger partial charge is 0.457 e. The average molecular weight is 348 g/mol. The molecule has 21 heavy (non-hydrogen) atoms. The van der Waals surface area contributed by atoms with Crippen LogP contribution in [0.3, 0.4) is 0 Å². The highest BCUT2D eigenvalue weighted by molar-refractivity contribution is 9.10. The predicted molar refractivity (Wildman–Crippen MR) is 92.1 cm³/mol. The van der Waals surface area contributed by atoms with Gasteiger partial charge in [0.25, 0.3) is 0 Å². The van der Waals surface area contributed by atoms with Crippen molar-refractivity contribution in [2.75, 3.05) is 0 Å². The number of hydrogen-bond donors (Lipinski definition) is 1. The lowest BCUT2D eigenvalue weighted by Gasteiger charge is -2.14. The number of ether oxygens (including phenoxy) is 1. The van der Waals surface area contributed by atoms with Crippen molar-refractivity contribution in [2.45, 2.75) is 39.7 Å².